The first-order chi connectivity index (χ1) is 11.8. The van der Waals surface area contributed by atoms with Crippen LogP contribution in [0, 0.1) is 10.1 Å². The zero-order valence-electron chi connectivity index (χ0n) is 13.4. The molecule has 0 bridgehead atoms. The van der Waals surface area contributed by atoms with E-state index in [9.17, 15) is 14.9 Å². The minimum absolute atomic E-state index is 0.159. The van der Waals surface area contributed by atoms with Gasteiger partial charge in [-0.1, -0.05) is 29.3 Å². The van der Waals surface area contributed by atoms with Crippen molar-refractivity contribution in [2.75, 3.05) is 12.4 Å². The number of nitrogens with zero attached hydrogens (tertiary/aromatic N) is 1. The number of hydrogen-bond donors (Lipinski definition) is 2. The molecule has 0 spiro atoms. The van der Waals surface area contributed by atoms with E-state index < -0.39 is 11.0 Å². The maximum atomic E-state index is 12.2. The summed E-state index contributed by atoms with van der Waals surface area (Å²) < 4.78 is 5.10. The van der Waals surface area contributed by atoms with Crippen molar-refractivity contribution in [1.82, 2.24) is 5.32 Å². The summed E-state index contributed by atoms with van der Waals surface area (Å²) >= 11 is 11.8. The minimum Gasteiger partial charge on any atom is -0.495 e. The maximum Gasteiger partial charge on any atom is 0.319 e. The van der Waals surface area contributed by atoms with Crippen LogP contribution in [0.5, 0.6) is 5.75 Å². The summed E-state index contributed by atoms with van der Waals surface area (Å²) in [5.74, 6) is 0.308. The van der Waals surface area contributed by atoms with Crippen LogP contribution in [0.1, 0.15) is 18.5 Å². The molecular weight excluding hydrogens is 369 g/mol. The number of anilines is 1. The zero-order valence-corrected chi connectivity index (χ0v) is 14.9. The van der Waals surface area contributed by atoms with E-state index in [0.717, 1.165) is 5.56 Å². The smallest absolute Gasteiger partial charge is 0.319 e. The van der Waals surface area contributed by atoms with Crippen molar-refractivity contribution in [1.29, 1.82) is 0 Å². The summed E-state index contributed by atoms with van der Waals surface area (Å²) in [7, 11) is 1.41. The number of urea groups is 1. The molecule has 0 saturated heterocycles. The van der Waals surface area contributed by atoms with Crippen LogP contribution < -0.4 is 15.4 Å². The van der Waals surface area contributed by atoms with Crippen molar-refractivity contribution in [3.8, 4) is 5.75 Å². The Hall–Kier alpha value is -2.51. The highest BCUT2D eigenvalue weighted by Gasteiger charge is 2.16. The van der Waals surface area contributed by atoms with E-state index in [0.29, 0.717) is 15.8 Å². The number of ether oxygens (including phenoxy) is 1. The number of hydrogen-bond acceptors (Lipinski definition) is 4. The number of amides is 2. The van der Waals surface area contributed by atoms with Crippen molar-refractivity contribution < 1.29 is 14.5 Å². The van der Waals surface area contributed by atoms with E-state index >= 15 is 0 Å². The Labute approximate surface area is 154 Å². The van der Waals surface area contributed by atoms with Crippen LogP contribution in [-0.2, 0) is 0 Å². The predicted octanol–water partition coefficient (Wildman–Crippen LogP) is 4.79. The van der Waals surface area contributed by atoms with E-state index in [1.54, 1.807) is 25.1 Å². The number of methoxy groups -OCH3 is 1. The second-order valence-corrected chi connectivity index (χ2v) is 5.95. The van der Waals surface area contributed by atoms with Crippen molar-refractivity contribution in [3.05, 3.63) is 62.1 Å². The summed E-state index contributed by atoms with van der Waals surface area (Å²) in [6, 6.07) is 8.06. The Morgan fingerprint density at radius 1 is 1.20 bits per heavy atom. The molecule has 0 saturated carbocycles. The van der Waals surface area contributed by atoms with Gasteiger partial charge >= 0.3 is 6.03 Å². The minimum atomic E-state index is -0.555. The standard InChI is InChI=1S/C16H15Cl2N3O4/c1-9(10-3-5-12(17)13(18)7-10)19-16(22)20-14-8-11(21(23)24)4-6-15(14)25-2/h3-9H,1-2H3,(H2,19,20,22). The van der Waals surface area contributed by atoms with Crippen LogP contribution in [0.4, 0.5) is 16.2 Å². The lowest BCUT2D eigenvalue weighted by Crippen LogP contribution is -2.31. The van der Waals surface area contributed by atoms with Crippen molar-refractivity contribution in [2.24, 2.45) is 0 Å². The fraction of sp³-hybridized carbons (Fsp3) is 0.188. The molecule has 2 rings (SSSR count). The summed E-state index contributed by atoms with van der Waals surface area (Å²) in [5.41, 5.74) is 0.791. The molecule has 0 aliphatic carbocycles. The lowest BCUT2D eigenvalue weighted by molar-refractivity contribution is -0.384. The molecule has 0 heterocycles. The molecule has 0 fully saturated rings. The maximum absolute atomic E-state index is 12.2. The van der Waals surface area contributed by atoms with Gasteiger partial charge in [0.1, 0.15) is 5.75 Å². The SMILES string of the molecule is COc1ccc([N+](=O)[O-])cc1NC(=O)NC(C)c1ccc(Cl)c(Cl)c1. The predicted molar refractivity (Wildman–Crippen MR) is 96.7 cm³/mol. The Bertz CT molecular complexity index is 814. The van der Waals surface area contributed by atoms with E-state index in [-0.39, 0.29) is 17.4 Å². The quantitative estimate of drug-likeness (QED) is 0.572. The monoisotopic (exact) mass is 383 g/mol. The highest BCUT2D eigenvalue weighted by atomic mass is 35.5. The third kappa shape index (κ3) is 4.74. The molecule has 9 heteroatoms. The van der Waals surface area contributed by atoms with Gasteiger partial charge in [0.2, 0.25) is 0 Å². The van der Waals surface area contributed by atoms with Gasteiger partial charge in [0.05, 0.1) is 33.8 Å². The average Bonchev–Trinajstić information content (AvgIpc) is 2.56. The average molecular weight is 384 g/mol. The van der Waals surface area contributed by atoms with Gasteiger partial charge in [-0.05, 0) is 30.7 Å². The first-order valence-corrected chi connectivity index (χ1v) is 7.92. The fourth-order valence-corrected chi connectivity index (χ4v) is 2.43. The molecule has 2 aromatic carbocycles. The van der Waals surface area contributed by atoms with E-state index in [2.05, 4.69) is 10.6 Å². The molecule has 0 aliphatic rings. The van der Waals surface area contributed by atoms with Gasteiger partial charge in [0.25, 0.3) is 5.69 Å². The Balaban J connectivity index is 2.12. The second-order valence-electron chi connectivity index (χ2n) is 5.14. The Kier molecular flexibility index (Phi) is 6.06. The largest absolute Gasteiger partial charge is 0.495 e. The molecule has 7 nitrogen and oxygen atoms in total. The van der Waals surface area contributed by atoms with Gasteiger partial charge < -0.3 is 15.4 Å². The first kappa shape index (κ1) is 18.8. The first-order valence-electron chi connectivity index (χ1n) is 7.16. The third-order valence-corrected chi connectivity index (χ3v) is 4.17. The van der Waals surface area contributed by atoms with Gasteiger partial charge in [-0.15, -0.1) is 0 Å². The molecule has 2 amide bonds. The van der Waals surface area contributed by atoms with Crippen LogP contribution >= 0.6 is 23.2 Å². The number of carbonyl (C=O) groups excluding carboxylic acids is 1. The van der Waals surface area contributed by atoms with Gasteiger partial charge in [-0.25, -0.2) is 4.79 Å². The van der Waals surface area contributed by atoms with Crippen molar-refractivity contribution in [2.45, 2.75) is 13.0 Å². The van der Waals surface area contributed by atoms with Crippen LogP contribution in [0.3, 0.4) is 0 Å². The highest BCUT2D eigenvalue weighted by molar-refractivity contribution is 6.42. The molecule has 0 aliphatic heterocycles. The molecule has 25 heavy (non-hydrogen) atoms. The number of carbonyl (C=O) groups is 1. The van der Waals surface area contributed by atoms with Crippen LogP contribution in [0.15, 0.2) is 36.4 Å². The highest BCUT2D eigenvalue weighted by Crippen LogP contribution is 2.29. The molecule has 0 aromatic heterocycles. The van der Waals surface area contributed by atoms with Crippen LogP contribution in [0.25, 0.3) is 0 Å². The molecule has 132 valence electrons. The van der Waals surface area contributed by atoms with E-state index in [1.807, 2.05) is 0 Å². The normalized spacial score (nSPS) is 11.5. The third-order valence-electron chi connectivity index (χ3n) is 3.43. The lowest BCUT2D eigenvalue weighted by atomic mass is 10.1. The number of non-ortho nitro benzene ring substituents is 1. The molecule has 2 aromatic rings. The second kappa shape index (κ2) is 8.04. The number of nitro benzene ring substituents is 1. The summed E-state index contributed by atoms with van der Waals surface area (Å²) in [4.78, 5) is 22.5. The summed E-state index contributed by atoms with van der Waals surface area (Å²) in [5, 5.41) is 16.9. The number of nitrogens with one attached hydrogen (secondary N) is 2. The molecule has 0 radical (unpaired) electrons. The van der Waals surface area contributed by atoms with E-state index in [4.69, 9.17) is 27.9 Å². The van der Waals surface area contributed by atoms with Crippen LogP contribution in [0.2, 0.25) is 10.0 Å². The fourth-order valence-electron chi connectivity index (χ4n) is 2.13. The van der Waals surface area contributed by atoms with E-state index in [1.165, 1.54) is 25.3 Å². The number of nitro groups is 1. The molecule has 1 atom stereocenters. The van der Waals surface area contributed by atoms with Gasteiger partial charge in [0, 0.05) is 12.1 Å². The number of halogens is 2. The van der Waals surface area contributed by atoms with Crippen molar-refractivity contribution >= 4 is 40.6 Å². The number of benzene rings is 2. The topological polar surface area (TPSA) is 93.5 Å². The number of rotatable bonds is 5. The summed E-state index contributed by atoms with van der Waals surface area (Å²) in [6.45, 7) is 1.77. The van der Waals surface area contributed by atoms with Gasteiger partial charge in [0.15, 0.2) is 0 Å². The lowest BCUT2D eigenvalue weighted by Gasteiger charge is -2.16. The molecule has 1 unspecified atom stereocenters. The molecule has 2 N–H and O–H groups in total. The van der Waals surface area contributed by atoms with Crippen molar-refractivity contribution in [3.63, 3.8) is 0 Å². The Morgan fingerprint density at radius 3 is 2.52 bits per heavy atom. The van der Waals surface area contributed by atoms with Gasteiger partial charge in [-0.2, -0.15) is 0 Å². The zero-order chi connectivity index (χ0) is 18.6. The molecular formula is C16H15Cl2N3O4. The van der Waals surface area contributed by atoms with Crippen LogP contribution in [-0.4, -0.2) is 18.1 Å². The Morgan fingerprint density at radius 2 is 1.92 bits per heavy atom. The van der Waals surface area contributed by atoms with Gasteiger partial charge in [-0.3, -0.25) is 10.1 Å². The summed E-state index contributed by atoms with van der Waals surface area (Å²) in [6.07, 6.45) is 0.